The van der Waals surface area contributed by atoms with E-state index in [4.69, 9.17) is 5.73 Å². The minimum Gasteiger partial charge on any atom is -0.368 e. The lowest BCUT2D eigenvalue weighted by atomic mass is 9.98. The minimum atomic E-state index is -0.285. The van der Waals surface area contributed by atoms with Crippen molar-refractivity contribution in [1.29, 1.82) is 0 Å². The topological polar surface area (TPSA) is 55.1 Å². The fourth-order valence-corrected chi connectivity index (χ4v) is 2.37. The van der Waals surface area contributed by atoms with Crippen molar-refractivity contribution in [2.75, 3.05) is 0 Å². The normalized spacial score (nSPS) is 12.8. The second-order valence-corrected chi connectivity index (χ2v) is 5.38. The van der Waals surface area contributed by atoms with Crippen molar-refractivity contribution < 1.29 is 4.79 Å². The maximum Gasteiger partial charge on any atom is 0.234 e. The number of carbonyl (C=O) groups excluding carboxylic acids is 1. The average Bonchev–Trinajstić information content (AvgIpc) is 2.20. The number of aryl methyl sites for hydroxylation is 3. The van der Waals surface area contributed by atoms with Crippen molar-refractivity contribution >= 4 is 5.91 Å². The average molecular weight is 248 g/mol. The van der Waals surface area contributed by atoms with E-state index in [1.54, 1.807) is 0 Å². The minimum absolute atomic E-state index is 0.202. The first-order chi connectivity index (χ1) is 8.32. The number of primary amides is 1. The Morgan fingerprint density at radius 2 is 1.72 bits per heavy atom. The molecule has 0 aliphatic rings. The van der Waals surface area contributed by atoms with Crippen molar-refractivity contribution in [2.45, 2.75) is 47.2 Å². The summed E-state index contributed by atoms with van der Waals surface area (Å²) in [4.78, 5) is 11.3. The molecule has 3 heteroatoms. The molecule has 0 heterocycles. The summed E-state index contributed by atoms with van der Waals surface area (Å²) in [7, 11) is 0. The number of nitrogens with two attached hydrogens (primary N) is 1. The second-order valence-electron chi connectivity index (χ2n) is 5.38. The fourth-order valence-electron chi connectivity index (χ4n) is 2.37. The van der Waals surface area contributed by atoms with Crippen LogP contribution in [0.5, 0.6) is 0 Å². The smallest absolute Gasteiger partial charge is 0.234 e. The van der Waals surface area contributed by atoms with Gasteiger partial charge in [-0.05, 0) is 43.4 Å². The van der Waals surface area contributed by atoms with Gasteiger partial charge in [-0.15, -0.1) is 0 Å². The van der Waals surface area contributed by atoms with E-state index >= 15 is 0 Å². The molecule has 0 radical (unpaired) electrons. The van der Waals surface area contributed by atoms with Crippen LogP contribution in [0.4, 0.5) is 0 Å². The molecule has 0 aromatic heterocycles. The first kappa shape index (κ1) is 14.7. The Hall–Kier alpha value is -1.35. The molecule has 0 saturated heterocycles. The quantitative estimate of drug-likeness (QED) is 0.839. The van der Waals surface area contributed by atoms with E-state index in [1.807, 2.05) is 13.8 Å². The number of amides is 1. The van der Waals surface area contributed by atoms with Gasteiger partial charge in [0.2, 0.25) is 5.91 Å². The summed E-state index contributed by atoms with van der Waals surface area (Å²) in [6.07, 6.45) is 0. The molecule has 1 aromatic rings. The van der Waals surface area contributed by atoms with Crippen LogP contribution in [0, 0.1) is 26.7 Å². The summed E-state index contributed by atoms with van der Waals surface area (Å²) in [6.45, 7) is 11.0. The van der Waals surface area contributed by atoms with Crippen molar-refractivity contribution in [2.24, 2.45) is 11.7 Å². The van der Waals surface area contributed by atoms with E-state index in [9.17, 15) is 4.79 Å². The Morgan fingerprint density at radius 1 is 1.22 bits per heavy atom. The molecule has 0 saturated carbocycles. The highest BCUT2D eigenvalue weighted by Gasteiger charge is 2.19. The first-order valence-electron chi connectivity index (χ1n) is 6.42. The Bertz CT molecular complexity index is 415. The van der Waals surface area contributed by atoms with E-state index in [-0.39, 0.29) is 17.9 Å². The molecule has 3 N–H and O–H groups in total. The van der Waals surface area contributed by atoms with Gasteiger partial charge in [-0.1, -0.05) is 31.5 Å². The van der Waals surface area contributed by atoms with E-state index in [2.05, 4.69) is 38.2 Å². The van der Waals surface area contributed by atoms with Gasteiger partial charge in [0.15, 0.2) is 0 Å². The lowest BCUT2D eigenvalue weighted by Gasteiger charge is -2.20. The molecule has 18 heavy (non-hydrogen) atoms. The Kier molecular flexibility index (Phi) is 4.91. The van der Waals surface area contributed by atoms with Crippen LogP contribution in [0.25, 0.3) is 0 Å². The summed E-state index contributed by atoms with van der Waals surface area (Å²) >= 11 is 0. The predicted octanol–water partition coefficient (Wildman–Crippen LogP) is 2.21. The third kappa shape index (κ3) is 3.57. The van der Waals surface area contributed by atoms with Crippen LogP contribution in [-0.4, -0.2) is 11.9 Å². The summed E-state index contributed by atoms with van der Waals surface area (Å²) in [5.74, 6) is -0.0824. The van der Waals surface area contributed by atoms with Crippen LogP contribution in [0.1, 0.15) is 36.1 Å². The van der Waals surface area contributed by atoms with Crippen LogP contribution in [-0.2, 0) is 11.3 Å². The summed E-state index contributed by atoms with van der Waals surface area (Å²) < 4.78 is 0. The second kappa shape index (κ2) is 6.01. The standard InChI is InChI=1S/C15H24N2O/c1-9(2)14(15(16)18)17-8-13-11(4)6-10(3)7-12(13)5/h6-7,9,14,17H,8H2,1-5H3,(H2,16,18). The van der Waals surface area contributed by atoms with Crippen molar-refractivity contribution in [3.8, 4) is 0 Å². The zero-order chi connectivity index (χ0) is 13.9. The van der Waals surface area contributed by atoms with Crippen LogP contribution in [0.3, 0.4) is 0 Å². The molecule has 0 fully saturated rings. The zero-order valence-electron chi connectivity index (χ0n) is 12.0. The molecule has 0 spiro atoms. The number of rotatable bonds is 5. The Labute approximate surface area is 110 Å². The lowest BCUT2D eigenvalue weighted by Crippen LogP contribution is -2.44. The first-order valence-corrected chi connectivity index (χ1v) is 6.42. The number of carbonyl (C=O) groups is 1. The van der Waals surface area contributed by atoms with Gasteiger partial charge in [0.1, 0.15) is 0 Å². The molecule has 1 unspecified atom stereocenters. The maximum atomic E-state index is 11.3. The van der Waals surface area contributed by atoms with Gasteiger partial charge in [0, 0.05) is 6.54 Å². The van der Waals surface area contributed by atoms with Crippen molar-refractivity contribution in [3.05, 3.63) is 34.4 Å². The summed E-state index contributed by atoms with van der Waals surface area (Å²) in [5, 5.41) is 3.26. The predicted molar refractivity (Wildman–Crippen MR) is 75.3 cm³/mol. The van der Waals surface area contributed by atoms with Crippen LogP contribution in [0.15, 0.2) is 12.1 Å². The van der Waals surface area contributed by atoms with Crippen molar-refractivity contribution in [3.63, 3.8) is 0 Å². The highest BCUT2D eigenvalue weighted by Crippen LogP contribution is 2.16. The number of benzene rings is 1. The Morgan fingerprint density at radius 3 is 2.11 bits per heavy atom. The highest BCUT2D eigenvalue weighted by molar-refractivity contribution is 5.80. The Balaban J connectivity index is 2.83. The van der Waals surface area contributed by atoms with Crippen LogP contribution < -0.4 is 11.1 Å². The molecule has 0 aliphatic carbocycles. The van der Waals surface area contributed by atoms with E-state index in [1.165, 1.54) is 22.3 Å². The molecule has 3 nitrogen and oxygen atoms in total. The summed E-state index contributed by atoms with van der Waals surface area (Å²) in [5.41, 5.74) is 10.4. The van der Waals surface area contributed by atoms with Gasteiger partial charge < -0.3 is 11.1 Å². The van der Waals surface area contributed by atoms with E-state index in [0.717, 1.165) is 0 Å². The largest absolute Gasteiger partial charge is 0.368 e. The molecule has 100 valence electrons. The molecule has 1 amide bonds. The van der Waals surface area contributed by atoms with Gasteiger partial charge in [0.25, 0.3) is 0 Å². The lowest BCUT2D eigenvalue weighted by molar-refractivity contribution is -0.121. The van der Waals surface area contributed by atoms with Gasteiger partial charge in [0.05, 0.1) is 6.04 Å². The van der Waals surface area contributed by atoms with Crippen molar-refractivity contribution in [1.82, 2.24) is 5.32 Å². The number of hydrogen-bond acceptors (Lipinski definition) is 2. The fraction of sp³-hybridized carbons (Fsp3) is 0.533. The van der Waals surface area contributed by atoms with Crippen LogP contribution >= 0.6 is 0 Å². The number of hydrogen-bond donors (Lipinski definition) is 2. The number of nitrogens with one attached hydrogen (secondary N) is 1. The van der Waals surface area contributed by atoms with Gasteiger partial charge in [-0.25, -0.2) is 0 Å². The molecule has 0 aliphatic heterocycles. The van der Waals surface area contributed by atoms with Gasteiger partial charge >= 0.3 is 0 Å². The molecular formula is C15H24N2O. The third-order valence-corrected chi connectivity index (χ3v) is 3.31. The molecule has 1 rings (SSSR count). The van der Waals surface area contributed by atoms with E-state index < -0.39 is 0 Å². The summed E-state index contributed by atoms with van der Waals surface area (Å²) in [6, 6.07) is 4.06. The van der Waals surface area contributed by atoms with Gasteiger partial charge in [-0.3, -0.25) is 4.79 Å². The monoisotopic (exact) mass is 248 g/mol. The zero-order valence-corrected chi connectivity index (χ0v) is 12.0. The SMILES string of the molecule is Cc1cc(C)c(CNC(C(N)=O)C(C)C)c(C)c1. The molecule has 1 atom stereocenters. The molecular weight excluding hydrogens is 224 g/mol. The molecule has 0 bridgehead atoms. The highest BCUT2D eigenvalue weighted by atomic mass is 16.1. The molecule has 1 aromatic carbocycles. The van der Waals surface area contributed by atoms with E-state index in [0.29, 0.717) is 6.54 Å². The van der Waals surface area contributed by atoms with Gasteiger partial charge in [-0.2, -0.15) is 0 Å². The third-order valence-electron chi connectivity index (χ3n) is 3.31. The maximum absolute atomic E-state index is 11.3. The van der Waals surface area contributed by atoms with Crippen LogP contribution in [0.2, 0.25) is 0 Å².